The fraction of sp³-hybridized carbons (Fsp3) is 0.214. The number of aromatic nitrogens is 3. The summed E-state index contributed by atoms with van der Waals surface area (Å²) in [7, 11) is 0. The molecule has 1 N–H and O–H groups in total. The second-order valence-corrected chi connectivity index (χ2v) is 5.70. The standard InChI is InChI=1S/C14H13N3O2S/c1-3-11-9(4-12(20-11)14(18)19)10-6-16-17-7-8(2)5-15-13(10)17/h4-7H,3H2,1-2H3,(H,18,19). The summed E-state index contributed by atoms with van der Waals surface area (Å²) in [4.78, 5) is 16.9. The highest BCUT2D eigenvalue weighted by atomic mass is 32.1. The molecule has 0 radical (unpaired) electrons. The Morgan fingerprint density at radius 3 is 2.90 bits per heavy atom. The fourth-order valence-electron chi connectivity index (χ4n) is 2.18. The van der Waals surface area contributed by atoms with Crippen LogP contribution in [-0.2, 0) is 6.42 Å². The third-order valence-electron chi connectivity index (χ3n) is 3.12. The van der Waals surface area contributed by atoms with Crippen LogP contribution in [0.2, 0.25) is 0 Å². The molecule has 0 spiro atoms. The summed E-state index contributed by atoms with van der Waals surface area (Å²) >= 11 is 1.31. The molecular formula is C14H13N3O2S. The van der Waals surface area contributed by atoms with E-state index in [9.17, 15) is 4.79 Å². The highest BCUT2D eigenvalue weighted by molar-refractivity contribution is 7.14. The molecule has 0 amide bonds. The SMILES string of the molecule is CCc1sc(C(=O)O)cc1-c1cnn2cc(C)cnc12. The van der Waals surface area contributed by atoms with Gasteiger partial charge in [0.05, 0.1) is 6.20 Å². The van der Waals surface area contributed by atoms with Crippen molar-refractivity contribution in [2.75, 3.05) is 0 Å². The van der Waals surface area contributed by atoms with E-state index in [1.165, 1.54) is 11.3 Å². The van der Waals surface area contributed by atoms with Gasteiger partial charge < -0.3 is 5.11 Å². The molecule has 0 unspecified atom stereocenters. The molecule has 0 aromatic carbocycles. The van der Waals surface area contributed by atoms with Gasteiger partial charge in [-0.05, 0) is 25.0 Å². The topological polar surface area (TPSA) is 67.5 Å². The summed E-state index contributed by atoms with van der Waals surface area (Å²) in [6.07, 6.45) is 6.23. The number of hydrogen-bond acceptors (Lipinski definition) is 4. The van der Waals surface area contributed by atoms with Crippen LogP contribution in [0.3, 0.4) is 0 Å². The number of aromatic carboxylic acids is 1. The first-order chi connectivity index (χ1) is 9.60. The number of carbonyl (C=O) groups is 1. The highest BCUT2D eigenvalue weighted by Crippen LogP contribution is 2.34. The van der Waals surface area contributed by atoms with Crippen molar-refractivity contribution in [2.45, 2.75) is 20.3 Å². The van der Waals surface area contributed by atoms with Crippen molar-refractivity contribution in [1.82, 2.24) is 14.6 Å². The van der Waals surface area contributed by atoms with Gasteiger partial charge in [0, 0.05) is 28.4 Å². The van der Waals surface area contributed by atoms with Crippen LogP contribution in [0.4, 0.5) is 0 Å². The van der Waals surface area contributed by atoms with Crippen LogP contribution in [0, 0.1) is 6.92 Å². The van der Waals surface area contributed by atoms with E-state index in [4.69, 9.17) is 5.11 Å². The van der Waals surface area contributed by atoms with Gasteiger partial charge in [-0.2, -0.15) is 5.10 Å². The second kappa shape index (κ2) is 4.72. The lowest BCUT2D eigenvalue weighted by Gasteiger charge is -1.99. The smallest absolute Gasteiger partial charge is 0.345 e. The number of carboxylic acids is 1. The average molecular weight is 287 g/mol. The largest absolute Gasteiger partial charge is 0.477 e. The Labute approximate surface area is 119 Å². The summed E-state index contributed by atoms with van der Waals surface area (Å²) in [5.41, 5.74) is 3.58. The molecule has 0 aliphatic carbocycles. The molecule has 0 saturated heterocycles. The van der Waals surface area contributed by atoms with E-state index in [1.807, 2.05) is 20.0 Å². The first kappa shape index (κ1) is 12.8. The number of nitrogens with zero attached hydrogens (tertiary/aromatic N) is 3. The Bertz CT molecular complexity index is 804. The third-order valence-corrected chi connectivity index (χ3v) is 4.38. The maximum absolute atomic E-state index is 11.1. The summed E-state index contributed by atoms with van der Waals surface area (Å²) in [6.45, 7) is 3.97. The van der Waals surface area contributed by atoms with Gasteiger partial charge in [0.15, 0.2) is 5.65 Å². The Hall–Kier alpha value is -2.21. The van der Waals surface area contributed by atoms with Crippen molar-refractivity contribution in [3.63, 3.8) is 0 Å². The molecule has 0 fully saturated rings. The minimum atomic E-state index is -0.892. The Balaban J connectivity index is 2.22. The molecule has 0 aliphatic heterocycles. The highest BCUT2D eigenvalue weighted by Gasteiger charge is 2.17. The maximum atomic E-state index is 11.1. The number of hydrogen-bond donors (Lipinski definition) is 1. The Morgan fingerprint density at radius 1 is 1.40 bits per heavy atom. The fourth-order valence-corrected chi connectivity index (χ4v) is 3.14. The van der Waals surface area contributed by atoms with E-state index < -0.39 is 5.97 Å². The average Bonchev–Trinajstić information content (AvgIpc) is 3.00. The lowest BCUT2D eigenvalue weighted by molar-refractivity contribution is 0.0702. The quantitative estimate of drug-likeness (QED) is 0.804. The molecule has 3 aromatic rings. The van der Waals surface area contributed by atoms with Gasteiger partial charge in [-0.1, -0.05) is 6.92 Å². The van der Waals surface area contributed by atoms with Gasteiger partial charge in [-0.3, -0.25) is 0 Å². The van der Waals surface area contributed by atoms with Crippen molar-refractivity contribution in [3.8, 4) is 11.1 Å². The van der Waals surface area contributed by atoms with Gasteiger partial charge in [0.25, 0.3) is 0 Å². The normalized spacial score (nSPS) is 11.1. The van der Waals surface area contributed by atoms with Crippen molar-refractivity contribution < 1.29 is 9.90 Å². The van der Waals surface area contributed by atoms with Gasteiger partial charge in [0.1, 0.15) is 4.88 Å². The van der Waals surface area contributed by atoms with Crippen LogP contribution in [-0.4, -0.2) is 25.7 Å². The maximum Gasteiger partial charge on any atom is 0.345 e. The predicted octanol–water partition coefficient (Wildman–Crippen LogP) is 3.03. The van der Waals surface area contributed by atoms with E-state index in [0.717, 1.165) is 33.6 Å². The number of aryl methyl sites for hydroxylation is 2. The van der Waals surface area contributed by atoms with Gasteiger partial charge in [-0.25, -0.2) is 14.3 Å². The first-order valence-electron chi connectivity index (χ1n) is 6.26. The number of carboxylic acid groups (broad SMARTS) is 1. The molecule has 3 aromatic heterocycles. The summed E-state index contributed by atoms with van der Waals surface area (Å²) in [6, 6.07) is 1.71. The molecule has 6 heteroatoms. The van der Waals surface area contributed by atoms with Crippen LogP contribution in [0.15, 0.2) is 24.7 Å². The number of fused-ring (bicyclic) bond motifs is 1. The molecule has 102 valence electrons. The summed E-state index contributed by atoms with van der Waals surface area (Å²) in [5.74, 6) is -0.892. The monoisotopic (exact) mass is 287 g/mol. The van der Waals surface area contributed by atoms with Crippen LogP contribution < -0.4 is 0 Å². The van der Waals surface area contributed by atoms with Crippen molar-refractivity contribution >= 4 is 23.0 Å². The van der Waals surface area contributed by atoms with Crippen molar-refractivity contribution in [1.29, 1.82) is 0 Å². The molecule has 3 heterocycles. The lowest BCUT2D eigenvalue weighted by atomic mass is 10.1. The van der Waals surface area contributed by atoms with Crippen LogP contribution in [0.1, 0.15) is 27.0 Å². The van der Waals surface area contributed by atoms with Gasteiger partial charge in [0.2, 0.25) is 0 Å². The molecule has 0 bridgehead atoms. The van der Waals surface area contributed by atoms with E-state index in [0.29, 0.717) is 4.88 Å². The predicted molar refractivity (Wildman–Crippen MR) is 77.4 cm³/mol. The molecule has 0 atom stereocenters. The Kier molecular flexibility index (Phi) is 3.02. The van der Waals surface area contributed by atoms with E-state index in [2.05, 4.69) is 10.1 Å². The third kappa shape index (κ3) is 1.98. The lowest BCUT2D eigenvalue weighted by Crippen LogP contribution is -1.91. The van der Waals surface area contributed by atoms with Gasteiger partial charge in [-0.15, -0.1) is 11.3 Å². The summed E-state index contributed by atoms with van der Waals surface area (Å²) in [5, 5.41) is 13.4. The molecular weight excluding hydrogens is 274 g/mol. The minimum Gasteiger partial charge on any atom is -0.477 e. The zero-order chi connectivity index (χ0) is 14.3. The van der Waals surface area contributed by atoms with Crippen LogP contribution in [0.25, 0.3) is 16.8 Å². The van der Waals surface area contributed by atoms with E-state index in [-0.39, 0.29) is 0 Å². The summed E-state index contributed by atoms with van der Waals surface area (Å²) < 4.78 is 1.72. The molecule has 0 aliphatic rings. The van der Waals surface area contributed by atoms with Crippen molar-refractivity contribution in [3.05, 3.63) is 40.0 Å². The van der Waals surface area contributed by atoms with Crippen molar-refractivity contribution in [2.24, 2.45) is 0 Å². The molecule has 0 saturated carbocycles. The molecule has 20 heavy (non-hydrogen) atoms. The first-order valence-corrected chi connectivity index (χ1v) is 7.08. The Morgan fingerprint density at radius 2 is 2.20 bits per heavy atom. The van der Waals surface area contributed by atoms with E-state index >= 15 is 0 Å². The van der Waals surface area contributed by atoms with Crippen LogP contribution >= 0.6 is 11.3 Å². The molecule has 3 rings (SSSR count). The number of rotatable bonds is 3. The minimum absolute atomic E-state index is 0.350. The number of thiophene rings is 1. The second-order valence-electron chi connectivity index (χ2n) is 4.56. The zero-order valence-corrected chi connectivity index (χ0v) is 11.9. The van der Waals surface area contributed by atoms with Crippen LogP contribution in [0.5, 0.6) is 0 Å². The zero-order valence-electron chi connectivity index (χ0n) is 11.1. The van der Waals surface area contributed by atoms with E-state index in [1.54, 1.807) is 23.0 Å². The van der Waals surface area contributed by atoms with Gasteiger partial charge >= 0.3 is 5.97 Å². The molecule has 5 nitrogen and oxygen atoms in total.